The molecule has 4 rings (SSSR count). The number of aliphatic hydroxyl groups excluding tert-OH is 1. The van der Waals surface area contributed by atoms with Gasteiger partial charge in [0.05, 0.1) is 6.10 Å². The van der Waals surface area contributed by atoms with Crippen molar-refractivity contribution in [3.63, 3.8) is 0 Å². The number of fused-ring (bicyclic) bond motifs is 2. The fraction of sp³-hybridized carbons (Fsp3) is 0.917. The van der Waals surface area contributed by atoms with E-state index in [-0.39, 0.29) is 17.4 Å². The largest absolute Gasteiger partial charge is 0.392 e. The summed E-state index contributed by atoms with van der Waals surface area (Å²) in [5, 5.41) is 9.88. The van der Waals surface area contributed by atoms with Crippen LogP contribution in [0.1, 0.15) is 44.9 Å². The molecule has 78 valence electrons. The molecule has 1 N–H and O–H groups in total. The van der Waals surface area contributed by atoms with Crippen molar-refractivity contribution in [3.8, 4) is 0 Å². The van der Waals surface area contributed by atoms with E-state index < -0.39 is 0 Å². The van der Waals surface area contributed by atoms with Gasteiger partial charge in [0, 0.05) is 11.8 Å². The van der Waals surface area contributed by atoms with Crippen LogP contribution in [-0.4, -0.2) is 17.0 Å². The minimum absolute atomic E-state index is 0.0000231. The molecule has 4 aliphatic carbocycles. The van der Waals surface area contributed by atoms with Crippen LogP contribution in [0.2, 0.25) is 0 Å². The van der Waals surface area contributed by atoms with E-state index in [0.717, 1.165) is 19.3 Å². The van der Waals surface area contributed by atoms with E-state index in [9.17, 15) is 9.90 Å². The third kappa shape index (κ3) is 0.979. The molecule has 1 unspecified atom stereocenters. The van der Waals surface area contributed by atoms with Crippen LogP contribution < -0.4 is 0 Å². The van der Waals surface area contributed by atoms with Crippen LogP contribution in [0.4, 0.5) is 0 Å². The van der Waals surface area contributed by atoms with Crippen molar-refractivity contribution in [1.29, 1.82) is 0 Å². The SMILES string of the molecule is O=C1C2CCCC[C@]23CC[C@H]1[C@H](O)C3. The number of carbonyl (C=O) groups is 1. The Morgan fingerprint density at radius 2 is 2.07 bits per heavy atom. The standard InChI is InChI=1S/C12H18O2/c13-10-7-12-5-2-1-3-9(12)11(14)8(10)4-6-12/h8-10,13H,1-7H2/t8-,9?,10+,12+/m0/s1. The van der Waals surface area contributed by atoms with E-state index in [4.69, 9.17) is 0 Å². The fourth-order valence-corrected chi connectivity index (χ4v) is 4.18. The lowest BCUT2D eigenvalue weighted by molar-refractivity contribution is -0.160. The Morgan fingerprint density at radius 3 is 2.86 bits per heavy atom. The summed E-state index contributed by atoms with van der Waals surface area (Å²) in [6.07, 6.45) is 7.53. The van der Waals surface area contributed by atoms with Crippen molar-refractivity contribution < 1.29 is 9.90 Å². The van der Waals surface area contributed by atoms with Gasteiger partial charge in [0.2, 0.25) is 0 Å². The topological polar surface area (TPSA) is 37.3 Å². The highest BCUT2D eigenvalue weighted by Gasteiger charge is 2.56. The molecule has 4 saturated carbocycles. The highest BCUT2D eigenvalue weighted by atomic mass is 16.3. The second-order valence-corrected chi connectivity index (χ2v) is 5.48. The summed E-state index contributed by atoms with van der Waals surface area (Å²) in [5.74, 6) is 0.716. The first kappa shape index (κ1) is 8.90. The zero-order valence-corrected chi connectivity index (χ0v) is 8.54. The third-order valence-electron chi connectivity index (χ3n) is 4.90. The number of carbonyl (C=O) groups excluding carboxylic acids is 1. The first-order chi connectivity index (χ1) is 6.73. The number of ketones is 1. The summed E-state index contributed by atoms with van der Waals surface area (Å²) in [5.41, 5.74) is 0.226. The van der Waals surface area contributed by atoms with Crippen LogP contribution in [0.3, 0.4) is 0 Å². The van der Waals surface area contributed by atoms with Crippen molar-refractivity contribution in [2.45, 2.75) is 51.0 Å². The van der Waals surface area contributed by atoms with E-state index in [1.165, 1.54) is 25.7 Å². The van der Waals surface area contributed by atoms with E-state index >= 15 is 0 Å². The van der Waals surface area contributed by atoms with E-state index in [1.54, 1.807) is 0 Å². The molecular weight excluding hydrogens is 176 g/mol. The van der Waals surface area contributed by atoms with Gasteiger partial charge in [-0.05, 0) is 37.5 Å². The average Bonchev–Trinajstić information content (AvgIpc) is 2.17. The molecule has 4 atom stereocenters. The lowest BCUT2D eigenvalue weighted by atomic mass is 9.49. The first-order valence-corrected chi connectivity index (χ1v) is 5.95. The van der Waals surface area contributed by atoms with Crippen LogP contribution in [0.5, 0.6) is 0 Å². The van der Waals surface area contributed by atoms with Gasteiger partial charge < -0.3 is 5.11 Å². The Labute approximate surface area is 84.7 Å². The van der Waals surface area contributed by atoms with Gasteiger partial charge in [-0.1, -0.05) is 12.8 Å². The van der Waals surface area contributed by atoms with Gasteiger partial charge in [-0.3, -0.25) is 4.79 Å². The quantitative estimate of drug-likeness (QED) is 0.639. The number of Topliss-reactive ketones (excluding diaryl/α,β-unsaturated/α-hetero) is 1. The van der Waals surface area contributed by atoms with Crippen molar-refractivity contribution in [2.75, 3.05) is 0 Å². The summed E-state index contributed by atoms with van der Waals surface area (Å²) in [6, 6.07) is 0. The monoisotopic (exact) mass is 194 g/mol. The number of rotatable bonds is 0. The second-order valence-electron chi connectivity index (χ2n) is 5.48. The van der Waals surface area contributed by atoms with Gasteiger partial charge in [0.25, 0.3) is 0 Å². The molecule has 0 aromatic rings. The zero-order chi connectivity index (χ0) is 9.76. The molecule has 2 heteroatoms. The molecular formula is C12H18O2. The van der Waals surface area contributed by atoms with E-state index in [1.807, 2.05) is 0 Å². The predicted molar refractivity (Wildman–Crippen MR) is 52.7 cm³/mol. The highest BCUT2D eigenvalue weighted by Crippen LogP contribution is 2.58. The maximum atomic E-state index is 12.1. The molecule has 0 saturated heterocycles. The molecule has 0 aromatic carbocycles. The van der Waals surface area contributed by atoms with Crippen molar-refractivity contribution in [2.24, 2.45) is 17.3 Å². The van der Waals surface area contributed by atoms with Gasteiger partial charge in [-0.25, -0.2) is 0 Å². The number of hydrogen-bond donors (Lipinski definition) is 1. The molecule has 4 aliphatic rings. The van der Waals surface area contributed by atoms with Crippen molar-refractivity contribution in [1.82, 2.24) is 0 Å². The Morgan fingerprint density at radius 1 is 1.21 bits per heavy atom. The zero-order valence-electron chi connectivity index (χ0n) is 8.54. The van der Waals surface area contributed by atoms with Gasteiger partial charge in [-0.2, -0.15) is 0 Å². The van der Waals surface area contributed by atoms with Gasteiger partial charge >= 0.3 is 0 Å². The molecule has 0 amide bonds. The van der Waals surface area contributed by atoms with Gasteiger partial charge in [0.1, 0.15) is 5.78 Å². The molecule has 0 heterocycles. The minimum Gasteiger partial charge on any atom is -0.392 e. The summed E-state index contributed by atoms with van der Waals surface area (Å²) in [7, 11) is 0. The van der Waals surface area contributed by atoms with E-state index in [2.05, 4.69) is 0 Å². The van der Waals surface area contributed by atoms with Crippen LogP contribution >= 0.6 is 0 Å². The first-order valence-electron chi connectivity index (χ1n) is 5.95. The molecule has 4 fully saturated rings. The van der Waals surface area contributed by atoms with Crippen LogP contribution in [-0.2, 0) is 4.79 Å². The van der Waals surface area contributed by atoms with Crippen LogP contribution in [0, 0.1) is 17.3 Å². The number of aliphatic hydroxyl groups is 1. The smallest absolute Gasteiger partial charge is 0.142 e. The summed E-state index contributed by atoms with van der Waals surface area (Å²) >= 11 is 0. The summed E-state index contributed by atoms with van der Waals surface area (Å²) in [4.78, 5) is 12.1. The average molecular weight is 194 g/mol. The van der Waals surface area contributed by atoms with Crippen molar-refractivity contribution in [3.05, 3.63) is 0 Å². The fourth-order valence-electron chi connectivity index (χ4n) is 4.18. The lowest BCUT2D eigenvalue weighted by Crippen LogP contribution is -2.56. The Kier molecular flexibility index (Phi) is 1.79. The summed E-state index contributed by atoms with van der Waals surface area (Å²) in [6.45, 7) is 0. The second kappa shape index (κ2) is 2.82. The van der Waals surface area contributed by atoms with Gasteiger partial charge in [0.15, 0.2) is 0 Å². The van der Waals surface area contributed by atoms with Crippen LogP contribution in [0.15, 0.2) is 0 Å². The molecule has 2 bridgehead atoms. The highest BCUT2D eigenvalue weighted by molar-refractivity contribution is 5.86. The lowest BCUT2D eigenvalue weighted by Gasteiger charge is -2.55. The summed E-state index contributed by atoms with van der Waals surface area (Å²) < 4.78 is 0. The maximum Gasteiger partial charge on any atom is 0.142 e. The Balaban J connectivity index is 1.98. The number of hydrogen-bond acceptors (Lipinski definition) is 2. The van der Waals surface area contributed by atoms with Gasteiger partial charge in [-0.15, -0.1) is 0 Å². The minimum atomic E-state index is -0.314. The Hall–Kier alpha value is -0.370. The maximum absolute atomic E-state index is 12.1. The molecule has 1 spiro atoms. The molecule has 14 heavy (non-hydrogen) atoms. The predicted octanol–water partition coefficient (Wildman–Crippen LogP) is 1.91. The van der Waals surface area contributed by atoms with E-state index in [0.29, 0.717) is 11.7 Å². The molecule has 0 aliphatic heterocycles. The molecule has 0 aromatic heterocycles. The molecule has 2 nitrogen and oxygen atoms in total. The molecule has 0 radical (unpaired) electrons. The third-order valence-corrected chi connectivity index (χ3v) is 4.90. The van der Waals surface area contributed by atoms with Crippen molar-refractivity contribution >= 4 is 5.78 Å². The normalized spacial score (nSPS) is 51.8. The van der Waals surface area contributed by atoms with Crippen LogP contribution in [0.25, 0.3) is 0 Å². The Bertz CT molecular complexity index is 269.